The number of hydrogen-bond donors (Lipinski definition) is 3. The van der Waals surface area contributed by atoms with Crippen molar-refractivity contribution in [3.63, 3.8) is 0 Å². The Kier molecular flexibility index (Phi) is 4.97. The van der Waals surface area contributed by atoms with Gasteiger partial charge in [0.05, 0.1) is 12.0 Å². The Labute approximate surface area is 131 Å². The maximum atomic E-state index is 12.3. The molecular weight excluding hydrogens is 303 g/mol. The van der Waals surface area contributed by atoms with Crippen LogP contribution in [-0.2, 0) is 9.53 Å². The predicted octanol–water partition coefficient (Wildman–Crippen LogP) is 0.197. The molecule has 0 bridgehead atoms. The molecule has 2 heterocycles. The Bertz CT molecular complexity index is 542. The molecule has 5 atom stereocenters. The average molecular weight is 328 g/mol. The Balaban J connectivity index is 2.10. The first-order chi connectivity index (χ1) is 10.1. The molecule has 1 fully saturated rings. The third-order valence-corrected chi connectivity index (χ3v) is 5.68. The summed E-state index contributed by atoms with van der Waals surface area (Å²) < 4.78 is 5.80. The molecule has 1 unspecified atom stereocenters. The number of ether oxygens (including phenoxy) is 1. The molecule has 6 nitrogen and oxygen atoms in total. The van der Waals surface area contributed by atoms with E-state index >= 15 is 0 Å². The lowest BCUT2D eigenvalue weighted by Crippen LogP contribution is -2.47. The molecule has 124 valence electrons. The average Bonchev–Trinajstić information content (AvgIpc) is 2.70. The molecular formula is C15H25N2O4P. The number of hydrogen-bond acceptors (Lipinski definition) is 5. The Morgan fingerprint density at radius 2 is 2.05 bits per heavy atom. The molecule has 0 saturated carbocycles. The molecule has 0 aromatic rings. The number of carbonyl (C=O) groups is 1. The second kappa shape index (κ2) is 6.28. The molecule has 0 radical (unpaired) electrons. The van der Waals surface area contributed by atoms with Gasteiger partial charge in [-0.1, -0.05) is 6.08 Å². The van der Waals surface area contributed by atoms with Gasteiger partial charge in [0.25, 0.3) is 0 Å². The number of rotatable bonds is 4. The first kappa shape index (κ1) is 17.4. The van der Waals surface area contributed by atoms with Gasteiger partial charge < -0.3 is 14.9 Å². The topological polar surface area (TPSA) is 93.9 Å². The third kappa shape index (κ3) is 3.51. The van der Waals surface area contributed by atoms with Crippen molar-refractivity contribution in [3.05, 3.63) is 12.2 Å². The molecule has 7 heteroatoms. The van der Waals surface area contributed by atoms with Crippen LogP contribution < -0.4 is 0 Å². The fourth-order valence-corrected chi connectivity index (χ4v) is 3.72. The van der Waals surface area contributed by atoms with Gasteiger partial charge in [0.1, 0.15) is 24.1 Å². The summed E-state index contributed by atoms with van der Waals surface area (Å²) in [6, 6.07) is 0. The number of aliphatic hydroxyl groups excluding tert-OH is 2. The summed E-state index contributed by atoms with van der Waals surface area (Å²) in [5, 5.41) is 28.0. The minimum Gasteiger partial charge on any atom is -0.388 e. The van der Waals surface area contributed by atoms with Gasteiger partial charge in [-0.15, -0.1) is 13.2 Å². The van der Waals surface area contributed by atoms with Crippen molar-refractivity contribution in [3.8, 4) is 0 Å². The number of nitrogens with one attached hydrogen (secondary N) is 1. The fourth-order valence-electron chi connectivity index (χ4n) is 2.77. The smallest absolute Gasteiger partial charge is 0.237 e. The molecule has 1 amide bonds. The van der Waals surface area contributed by atoms with Crippen LogP contribution in [0.2, 0.25) is 0 Å². The van der Waals surface area contributed by atoms with E-state index < -0.39 is 37.2 Å². The van der Waals surface area contributed by atoms with E-state index in [1.54, 1.807) is 6.08 Å². The first-order valence-corrected chi connectivity index (χ1v) is 10.4. The van der Waals surface area contributed by atoms with Gasteiger partial charge in [-0.2, -0.15) is 0 Å². The highest BCUT2D eigenvalue weighted by Crippen LogP contribution is 2.39. The van der Waals surface area contributed by atoms with E-state index in [9.17, 15) is 15.0 Å². The lowest BCUT2D eigenvalue weighted by molar-refractivity contribution is -0.135. The van der Waals surface area contributed by atoms with E-state index in [4.69, 9.17) is 10.1 Å². The second-order valence-corrected chi connectivity index (χ2v) is 11.1. The molecule has 22 heavy (non-hydrogen) atoms. The summed E-state index contributed by atoms with van der Waals surface area (Å²) in [4.78, 5) is 13.5. The predicted molar refractivity (Wildman–Crippen MR) is 89.2 cm³/mol. The van der Waals surface area contributed by atoms with E-state index in [0.29, 0.717) is 6.42 Å². The second-order valence-electron chi connectivity index (χ2n) is 6.74. The summed E-state index contributed by atoms with van der Waals surface area (Å²) >= 11 is 0. The number of nitrogens with zero attached hydrogens (tertiary/aromatic N) is 1. The highest BCUT2D eigenvalue weighted by Gasteiger charge is 2.48. The SMILES string of the molecule is C=P(C)(C)CC[C@H]1O[C@@H](C2C=CC(=N)N(C)C2=O)[C@H](O)[C@@H]1O. The van der Waals surface area contributed by atoms with Gasteiger partial charge in [0.2, 0.25) is 5.91 Å². The van der Waals surface area contributed by atoms with Crippen LogP contribution in [0.4, 0.5) is 0 Å². The largest absolute Gasteiger partial charge is 0.388 e. The van der Waals surface area contributed by atoms with Crippen LogP contribution in [0.25, 0.3) is 0 Å². The molecule has 1 saturated heterocycles. The summed E-state index contributed by atoms with van der Waals surface area (Å²) in [6.45, 7) is 2.98. The molecule has 0 aliphatic carbocycles. The van der Waals surface area contributed by atoms with Crippen molar-refractivity contribution in [2.24, 2.45) is 5.92 Å². The maximum Gasteiger partial charge on any atom is 0.237 e. The number of likely N-dealkylation sites (N-methyl/N-ethyl adjacent to an activating group) is 1. The normalized spacial score (nSPS) is 36.2. The zero-order valence-electron chi connectivity index (χ0n) is 13.3. The minimum atomic E-state index is -1.24. The van der Waals surface area contributed by atoms with Gasteiger partial charge in [0, 0.05) is 7.05 Å². The third-order valence-electron chi connectivity index (χ3n) is 4.21. The van der Waals surface area contributed by atoms with Gasteiger partial charge in [-0.3, -0.25) is 15.1 Å². The summed E-state index contributed by atoms with van der Waals surface area (Å²) in [5.74, 6) is -0.861. The molecule has 0 aromatic carbocycles. The van der Waals surface area contributed by atoms with E-state index in [-0.39, 0.29) is 11.7 Å². The molecule has 2 rings (SSSR count). The fraction of sp³-hybridized carbons (Fsp3) is 0.667. The standard InChI is InChI=1S/C15H25N2O4P/c1-17-11(16)6-5-9(15(17)20)14-13(19)12(18)10(21-14)7-8-22(2,3)4/h5-6,9-10,12-14,16,18-19H,2,7-8H2,1,3-4H3/t9?,10-,12-,13-,14+/m1/s1. The molecule has 0 spiro atoms. The van der Waals surface area contributed by atoms with Crippen molar-refractivity contribution in [1.82, 2.24) is 4.90 Å². The van der Waals surface area contributed by atoms with E-state index in [1.165, 1.54) is 18.0 Å². The molecule has 3 N–H and O–H groups in total. The Morgan fingerprint density at radius 3 is 2.64 bits per heavy atom. The quantitative estimate of drug-likeness (QED) is 0.643. The summed E-state index contributed by atoms with van der Waals surface area (Å²) in [5.41, 5.74) is 0. The van der Waals surface area contributed by atoms with E-state index in [0.717, 1.165) is 6.16 Å². The maximum absolute atomic E-state index is 12.3. The van der Waals surface area contributed by atoms with Crippen molar-refractivity contribution in [2.75, 3.05) is 26.5 Å². The molecule has 2 aliphatic rings. The van der Waals surface area contributed by atoms with Crippen molar-refractivity contribution in [2.45, 2.75) is 30.8 Å². The van der Waals surface area contributed by atoms with Crippen molar-refractivity contribution in [1.29, 1.82) is 5.41 Å². The first-order valence-electron chi connectivity index (χ1n) is 7.35. The van der Waals surface area contributed by atoms with Crippen LogP contribution in [0.15, 0.2) is 12.2 Å². The van der Waals surface area contributed by atoms with Crippen molar-refractivity contribution >= 4 is 24.9 Å². The molecule has 0 aromatic heterocycles. The number of amides is 1. The van der Waals surface area contributed by atoms with Crippen LogP contribution in [0.3, 0.4) is 0 Å². The van der Waals surface area contributed by atoms with Gasteiger partial charge >= 0.3 is 0 Å². The zero-order chi connectivity index (χ0) is 16.7. The monoisotopic (exact) mass is 328 g/mol. The zero-order valence-corrected chi connectivity index (χ0v) is 14.2. The van der Waals surface area contributed by atoms with Gasteiger partial charge in [-0.05, 0) is 32.0 Å². The minimum absolute atomic E-state index is 0.106. The highest BCUT2D eigenvalue weighted by molar-refractivity contribution is 7.72. The van der Waals surface area contributed by atoms with Crippen LogP contribution in [0.5, 0.6) is 0 Å². The lowest BCUT2D eigenvalue weighted by Gasteiger charge is -2.29. The van der Waals surface area contributed by atoms with Crippen LogP contribution in [0, 0.1) is 11.3 Å². The number of aliphatic hydroxyl groups is 2. The van der Waals surface area contributed by atoms with Crippen LogP contribution in [-0.4, -0.2) is 84.1 Å². The molecule has 2 aliphatic heterocycles. The van der Waals surface area contributed by atoms with Crippen LogP contribution >= 0.6 is 6.89 Å². The van der Waals surface area contributed by atoms with E-state index in [2.05, 4.69) is 19.6 Å². The Hall–Kier alpha value is -0.940. The van der Waals surface area contributed by atoms with Gasteiger partial charge in [0.15, 0.2) is 0 Å². The van der Waals surface area contributed by atoms with E-state index in [1.807, 2.05) is 0 Å². The Morgan fingerprint density at radius 1 is 1.41 bits per heavy atom. The number of amidine groups is 1. The summed E-state index contributed by atoms with van der Waals surface area (Å²) in [7, 11) is 1.52. The van der Waals surface area contributed by atoms with Crippen molar-refractivity contribution < 1.29 is 19.7 Å². The highest BCUT2D eigenvalue weighted by atomic mass is 31.2. The van der Waals surface area contributed by atoms with Gasteiger partial charge in [-0.25, -0.2) is 0 Å². The summed E-state index contributed by atoms with van der Waals surface area (Å²) in [6.07, 6.45) is 5.35. The lowest BCUT2D eigenvalue weighted by atomic mass is 9.92. The van der Waals surface area contributed by atoms with Crippen LogP contribution in [0.1, 0.15) is 6.42 Å². The number of carbonyl (C=O) groups excluding carboxylic acids is 1.